The third-order valence-corrected chi connectivity index (χ3v) is 3.04. The molecule has 1 amide bonds. The molecule has 2 rings (SSSR count). The highest BCUT2D eigenvalue weighted by Crippen LogP contribution is 2.15. The summed E-state index contributed by atoms with van der Waals surface area (Å²) in [7, 11) is 1.90. The van der Waals surface area contributed by atoms with Gasteiger partial charge in [0.25, 0.3) is 5.91 Å². The summed E-state index contributed by atoms with van der Waals surface area (Å²) in [4.78, 5) is 12.9. The zero-order chi connectivity index (χ0) is 14.5. The molecule has 0 radical (unpaired) electrons. The minimum absolute atomic E-state index is 0.157. The van der Waals surface area contributed by atoms with Crippen LogP contribution in [0.15, 0.2) is 36.4 Å². The van der Waals surface area contributed by atoms with E-state index in [9.17, 15) is 4.79 Å². The highest BCUT2D eigenvalue weighted by Gasteiger charge is 2.08. The van der Waals surface area contributed by atoms with Crippen LogP contribution in [-0.4, -0.2) is 23.2 Å². The Bertz CT molecular complexity index is 597. The van der Waals surface area contributed by atoms with Crippen molar-refractivity contribution in [2.45, 2.75) is 13.1 Å². The fraction of sp³-hybridized carbons (Fsp3) is 0.214. The molecule has 0 aliphatic rings. The van der Waals surface area contributed by atoms with Crippen molar-refractivity contribution < 1.29 is 4.79 Å². The van der Waals surface area contributed by atoms with E-state index in [1.54, 1.807) is 12.1 Å². The summed E-state index contributed by atoms with van der Waals surface area (Å²) in [6.07, 6.45) is 0. The zero-order valence-corrected chi connectivity index (χ0v) is 11.3. The van der Waals surface area contributed by atoms with Gasteiger partial charge in [-0.15, -0.1) is 10.2 Å². The van der Waals surface area contributed by atoms with E-state index in [1.807, 2.05) is 36.2 Å². The molecule has 6 heteroatoms. The Balaban J connectivity index is 2.15. The monoisotopic (exact) mass is 271 g/mol. The molecule has 104 valence electrons. The van der Waals surface area contributed by atoms with Crippen molar-refractivity contribution in [1.82, 2.24) is 10.2 Å². The second-order valence-electron chi connectivity index (χ2n) is 4.47. The number of aromatic nitrogens is 2. The highest BCUT2D eigenvalue weighted by atomic mass is 16.1. The molecule has 6 nitrogen and oxygen atoms in total. The van der Waals surface area contributed by atoms with Crippen molar-refractivity contribution in [2.24, 2.45) is 11.5 Å². The molecule has 0 bridgehead atoms. The van der Waals surface area contributed by atoms with Gasteiger partial charge in [-0.3, -0.25) is 4.79 Å². The SMILES string of the molecule is CN(Cc1ccccc1CN)c1ccc(C(N)=O)nn1. The maximum absolute atomic E-state index is 10.9. The molecular formula is C14H17N5O. The molecule has 0 saturated carbocycles. The maximum Gasteiger partial charge on any atom is 0.269 e. The normalized spacial score (nSPS) is 10.3. The van der Waals surface area contributed by atoms with Crippen LogP contribution < -0.4 is 16.4 Å². The van der Waals surface area contributed by atoms with Crippen LogP contribution in [0.5, 0.6) is 0 Å². The van der Waals surface area contributed by atoms with Gasteiger partial charge in [0.2, 0.25) is 0 Å². The lowest BCUT2D eigenvalue weighted by molar-refractivity contribution is 0.0994. The van der Waals surface area contributed by atoms with Gasteiger partial charge in [-0.1, -0.05) is 24.3 Å². The van der Waals surface area contributed by atoms with Crippen molar-refractivity contribution in [3.63, 3.8) is 0 Å². The number of carbonyl (C=O) groups excluding carboxylic acids is 1. The number of primary amides is 1. The maximum atomic E-state index is 10.9. The summed E-state index contributed by atoms with van der Waals surface area (Å²) in [5, 5.41) is 7.79. The molecule has 1 aromatic heterocycles. The Hall–Kier alpha value is -2.47. The fourth-order valence-electron chi connectivity index (χ4n) is 1.91. The lowest BCUT2D eigenvalue weighted by atomic mass is 10.1. The van der Waals surface area contributed by atoms with E-state index < -0.39 is 5.91 Å². The van der Waals surface area contributed by atoms with Gasteiger partial charge in [0.05, 0.1) is 0 Å². The number of benzene rings is 1. The number of rotatable bonds is 5. The van der Waals surface area contributed by atoms with E-state index >= 15 is 0 Å². The van der Waals surface area contributed by atoms with Gasteiger partial charge in [-0.05, 0) is 23.3 Å². The molecule has 0 spiro atoms. The van der Waals surface area contributed by atoms with Crippen LogP contribution in [0, 0.1) is 0 Å². The standard InChI is InChI=1S/C14H17N5O/c1-19(9-11-5-3-2-4-10(11)8-15)13-7-6-12(14(16)20)17-18-13/h2-7H,8-9,15H2,1H3,(H2,16,20). The Morgan fingerprint density at radius 3 is 2.40 bits per heavy atom. The van der Waals surface area contributed by atoms with E-state index in [2.05, 4.69) is 10.2 Å². The van der Waals surface area contributed by atoms with Crippen LogP contribution in [-0.2, 0) is 13.1 Å². The van der Waals surface area contributed by atoms with Crippen molar-refractivity contribution in [1.29, 1.82) is 0 Å². The Morgan fingerprint density at radius 2 is 1.85 bits per heavy atom. The lowest BCUT2D eigenvalue weighted by Gasteiger charge is -2.19. The number of carbonyl (C=O) groups is 1. The van der Waals surface area contributed by atoms with Crippen molar-refractivity contribution in [3.05, 3.63) is 53.2 Å². The van der Waals surface area contributed by atoms with E-state index in [0.717, 1.165) is 11.1 Å². The first-order chi connectivity index (χ1) is 9.61. The molecule has 2 aromatic rings. The molecular weight excluding hydrogens is 254 g/mol. The van der Waals surface area contributed by atoms with Gasteiger partial charge in [0, 0.05) is 20.1 Å². The summed E-state index contributed by atoms with van der Waals surface area (Å²) < 4.78 is 0. The lowest BCUT2D eigenvalue weighted by Crippen LogP contribution is -2.21. The van der Waals surface area contributed by atoms with Gasteiger partial charge in [-0.2, -0.15) is 0 Å². The molecule has 0 unspecified atom stereocenters. The van der Waals surface area contributed by atoms with Gasteiger partial charge in [-0.25, -0.2) is 0 Å². The smallest absolute Gasteiger partial charge is 0.269 e. The van der Waals surface area contributed by atoms with Crippen LogP contribution in [0.1, 0.15) is 21.6 Å². The van der Waals surface area contributed by atoms with Crippen molar-refractivity contribution in [2.75, 3.05) is 11.9 Å². The van der Waals surface area contributed by atoms with E-state index in [-0.39, 0.29) is 5.69 Å². The summed E-state index contributed by atoms with van der Waals surface area (Å²) in [5.41, 5.74) is 13.2. The number of hydrogen-bond acceptors (Lipinski definition) is 5. The van der Waals surface area contributed by atoms with Gasteiger partial charge >= 0.3 is 0 Å². The quantitative estimate of drug-likeness (QED) is 0.833. The average Bonchev–Trinajstić information content (AvgIpc) is 2.48. The number of anilines is 1. The van der Waals surface area contributed by atoms with Crippen LogP contribution in [0.3, 0.4) is 0 Å². The number of amides is 1. The van der Waals surface area contributed by atoms with Gasteiger partial charge in [0.15, 0.2) is 11.5 Å². The first kappa shape index (κ1) is 14.0. The topological polar surface area (TPSA) is 98.1 Å². The summed E-state index contributed by atoms with van der Waals surface area (Å²) in [6.45, 7) is 1.16. The van der Waals surface area contributed by atoms with E-state index in [0.29, 0.717) is 18.9 Å². The average molecular weight is 271 g/mol. The van der Waals surface area contributed by atoms with Crippen LogP contribution in [0.2, 0.25) is 0 Å². The molecule has 0 fully saturated rings. The first-order valence-corrected chi connectivity index (χ1v) is 6.23. The minimum Gasteiger partial charge on any atom is -0.364 e. The second-order valence-corrected chi connectivity index (χ2v) is 4.47. The largest absolute Gasteiger partial charge is 0.364 e. The van der Waals surface area contributed by atoms with Crippen LogP contribution in [0.4, 0.5) is 5.82 Å². The van der Waals surface area contributed by atoms with Gasteiger partial charge in [0.1, 0.15) is 0 Å². The van der Waals surface area contributed by atoms with Crippen molar-refractivity contribution >= 4 is 11.7 Å². The summed E-state index contributed by atoms with van der Waals surface area (Å²) in [6, 6.07) is 11.3. The molecule has 4 N–H and O–H groups in total. The molecule has 1 heterocycles. The third kappa shape index (κ3) is 3.10. The Labute approximate surface area is 117 Å². The number of hydrogen-bond donors (Lipinski definition) is 2. The van der Waals surface area contributed by atoms with Crippen LogP contribution >= 0.6 is 0 Å². The number of nitrogens with two attached hydrogens (primary N) is 2. The van der Waals surface area contributed by atoms with Gasteiger partial charge < -0.3 is 16.4 Å². The predicted octanol–water partition coefficient (Wildman–Crippen LogP) is 0.671. The molecule has 20 heavy (non-hydrogen) atoms. The summed E-state index contributed by atoms with van der Waals surface area (Å²) in [5.74, 6) is 0.0852. The molecule has 1 aromatic carbocycles. The minimum atomic E-state index is -0.583. The van der Waals surface area contributed by atoms with Crippen LogP contribution in [0.25, 0.3) is 0 Å². The molecule has 0 aliphatic carbocycles. The summed E-state index contributed by atoms with van der Waals surface area (Å²) >= 11 is 0. The zero-order valence-electron chi connectivity index (χ0n) is 11.3. The first-order valence-electron chi connectivity index (χ1n) is 6.23. The molecule has 0 atom stereocenters. The van der Waals surface area contributed by atoms with Crippen molar-refractivity contribution in [3.8, 4) is 0 Å². The van der Waals surface area contributed by atoms with E-state index in [1.165, 1.54) is 0 Å². The second kappa shape index (κ2) is 6.12. The third-order valence-electron chi connectivity index (χ3n) is 3.04. The number of nitrogens with zero attached hydrogens (tertiary/aromatic N) is 3. The molecule has 0 saturated heterocycles. The fourth-order valence-corrected chi connectivity index (χ4v) is 1.91. The Kier molecular flexibility index (Phi) is 4.27. The molecule has 0 aliphatic heterocycles. The van der Waals surface area contributed by atoms with E-state index in [4.69, 9.17) is 11.5 Å². The Morgan fingerprint density at radius 1 is 1.15 bits per heavy atom. The predicted molar refractivity (Wildman–Crippen MR) is 77.0 cm³/mol. The highest BCUT2D eigenvalue weighted by molar-refractivity contribution is 5.90.